The number of hydrogen-bond donors (Lipinski definition) is 1. The number of rotatable bonds is 6. The summed E-state index contributed by atoms with van der Waals surface area (Å²) >= 11 is 5.74. The first-order valence-corrected chi connectivity index (χ1v) is 11.0. The molecule has 4 rings (SSSR count). The van der Waals surface area contributed by atoms with Crippen molar-refractivity contribution < 1.29 is 28.5 Å². The molecule has 8 nitrogen and oxygen atoms in total. The molecule has 0 fully saturated rings. The van der Waals surface area contributed by atoms with Gasteiger partial charge in [-0.15, -0.1) is 0 Å². The predicted octanol–water partition coefficient (Wildman–Crippen LogP) is 3.75. The molecule has 0 spiro atoms. The predicted molar refractivity (Wildman–Crippen MR) is 127 cm³/mol. The summed E-state index contributed by atoms with van der Waals surface area (Å²) in [4.78, 5) is 14.9. The van der Waals surface area contributed by atoms with Crippen LogP contribution < -0.4 is 29.2 Å². The van der Waals surface area contributed by atoms with Gasteiger partial charge in [0.1, 0.15) is 24.7 Å². The normalized spacial score (nSPS) is 17.4. The van der Waals surface area contributed by atoms with Gasteiger partial charge in [0.2, 0.25) is 0 Å². The fourth-order valence-corrected chi connectivity index (χ4v) is 4.30. The van der Waals surface area contributed by atoms with Crippen LogP contribution in [-0.2, 0) is 9.53 Å². The molecule has 2 aromatic carbocycles. The smallest absolute Gasteiger partial charge is 0.338 e. The van der Waals surface area contributed by atoms with Crippen LogP contribution in [0.3, 0.4) is 0 Å². The number of hydrogen-bond acceptors (Lipinski definition) is 7. The van der Waals surface area contributed by atoms with Crippen molar-refractivity contribution in [3.8, 4) is 23.0 Å². The van der Waals surface area contributed by atoms with Crippen LogP contribution >= 0.6 is 12.2 Å². The van der Waals surface area contributed by atoms with Crippen LogP contribution in [-0.4, -0.2) is 45.1 Å². The van der Waals surface area contributed by atoms with Crippen molar-refractivity contribution in [2.45, 2.75) is 19.9 Å². The summed E-state index contributed by atoms with van der Waals surface area (Å²) in [5, 5.41) is 3.73. The van der Waals surface area contributed by atoms with Crippen molar-refractivity contribution in [2.75, 3.05) is 38.9 Å². The molecule has 0 saturated carbocycles. The molecule has 0 unspecified atom stereocenters. The minimum Gasteiger partial charge on any atom is -0.497 e. The molecule has 174 valence electrons. The third-order valence-electron chi connectivity index (χ3n) is 5.47. The number of methoxy groups -OCH3 is 2. The van der Waals surface area contributed by atoms with E-state index in [4.69, 9.17) is 35.9 Å². The van der Waals surface area contributed by atoms with Gasteiger partial charge in [-0.3, -0.25) is 4.90 Å². The Morgan fingerprint density at radius 3 is 2.39 bits per heavy atom. The standard InChI is InChI=1S/C24H26N2O6S/c1-5-30-23(27)21-14(2)26(16-6-7-19-20(12-16)32-9-8-31-19)24(33)25-22(21)15-10-17(28-3)13-18(11-15)29-4/h6-7,10-13,22H,5,8-9H2,1-4H3,(H,25,33)/t22-/m0/s1. The molecule has 0 amide bonds. The minimum atomic E-state index is -0.547. The maximum Gasteiger partial charge on any atom is 0.338 e. The van der Waals surface area contributed by atoms with Gasteiger partial charge in [-0.05, 0) is 55.9 Å². The first-order valence-electron chi connectivity index (χ1n) is 10.6. The molecule has 33 heavy (non-hydrogen) atoms. The Morgan fingerprint density at radius 1 is 1.09 bits per heavy atom. The number of anilines is 1. The van der Waals surface area contributed by atoms with Gasteiger partial charge in [0.15, 0.2) is 16.6 Å². The van der Waals surface area contributed by atoms with Crippen LogP contribution in [0.1, 0.15) is 25.5 Å². The number of benzene rings is 2. The van der Waals surface area contributed by atoms with Gasteiger partial charge in [-0.25, -0.2) is 4.79 Å². The maximum atomic E-state index is 13.1. The van der Waals surface area contributed by atoms with Crippen molar-refractivity contribution in [3.63, 3.8) is 0 Å². The maximum absolute atomic E-state index is 13.1. The third kappa shape index (κ3) is 4.41. The highest BCUT2D eigenvalue weighted by Gasteiger charge is 2.36. The van der Waals surface area contributed by atoms with Crippen LogP contribution in [0.25, 0.3) is 0 Å². The Hall–Kier alpha value is -3.46. The quantitative estimate of drug-likeness (QED) is 0.502. The first-order chi connectivity index (χ1) is 16.0. The first kappa shape index (κ1) is 22.7. The minimum absolute atomic E-state index is 0.248. The molecular formula is C24H26N2O6S. The Balaban J connectivity index is 1.82. The fraction of sp³-hybridized carbons (Fsp3) is 0.333. The largest absolute Gasteiger partial charge is 0.497 e. The van der Waals surface area contributed by atoms with Crippen molar-refractivity contribution >= 4 is 29.0 Å². The van der Waals surface area contributed by atoms with Gasteiger partial charge in [0, 0.05) is 17.8 Å². The molecule has 0 saturated heterocycles. The van der Waals surface area contributed by atoms with Crippen LogP contribution in [0, 0.1) is 0 Å². The molecule has 2 aliphatic rings. The van der Waals surface area contributed by atoms with Gasteiger partial charge in [0.25, 0.3) is 0 Å². The Kier molecular flexibility index (Phi) is 6.60. The van der Waals surface area contributed by atoms with Crippen LogP contribution in [0.5, 0.6) is 23.0 Å². The lowest BCUT2D eigenvalue weighted by atomic mass is 9.94. The topological polar surface area (TPSA) is 78.5 Å². The third-order valence-corrected chi connectivity index (χ3v) is 5.77. The van der Waals surface area contributed by atoms with E-state index in [0.717, 1.165) is 11.3 Å². The molecule has 2 aromatic rings. The van der Waals surface area contributed by atoms with E-state index in [1.807, 2.05) is 37.3 Å². The molecule has 0 bridgehead atoms. The molecule has 1 atom stereocenters. The lowest BCUT2D eigenvalue weighted by Gasteiger charge is -2.38. The summed E-state index contributed by atoms with van der Waals surface area (Å²) in [6, 6.07) is 10.5. The van der Waals surface area contributed by atoms with E-state index in [9.17, 15) is 4.79 Å². The van der Waals surface area contributed by atoms with Crippen LogP contribution in [0.4, 0.5) is 5.69 Å². The average Bonchev–Trinajstić information content (AvgIpc) is 2.83. The number of nitrogens with one attached hydrogen (secondary N) is 1. The molecule has 2 aliphatic heterocycles. The average molecular weight is 471 g/mol. The summed E-state index contributed by atoms with van der Waals surface area (Å²) in [6.45, 7) is 4.85. The van der Waals surface area contributed by atoms with E-state index in [1.54, 1.807) is 32.1 Å². The molecular weight excluding hydrogens is 444 g/mol. The number of fused-ring (bicyclic) bond motifs is 1. The summed E-state index contributed by atoms with van der Waals surface area (Å²) in [6.07, 6.45) is 0. The summed E-state index contributed by atoms with van der Waals surface area (Å²) < 4.78 is 27.6. The highest BCUT2D eigenvalue weighted by molar-refractivity contribution is 7.80. The van der Waals surface area contributed by atoms with E-state index < -0.39 is 12.0 Å². The van der Waals surface area contributed by atoms with Gasteiger partial charge in [0.05, 0.1) is 38.1 Å². The Labute approximate surface area is 198 Å². The molecule has 0 radical (unpaired) electrons. The number of carbonyl (C=O) groups excluding carboxylic acids is 1. The highest BCUT2D eigenvalue weighted by atomic mass is 32.1. The van der Waals surface area contributed by atoms with E-state index in [0.29, 0.717) is 52.6 Å². The summed E-state index contributed by atoms with van der Waals surface area (Å²) in [7, 11) is 3.16. The second-order valence-electron chi connectivity index (χ2n) is 7.41. The fourth-order valence-electron chi connectivity index (χ4n) is 3.94. The van der Waals surface area contributed by atoms with Crippen molar-refractivity contribution in [3.05, 3.63) is 53.2 Å². The molecule has 1 N–H and O–H groups in total. The summed E-state index contributed by atoms with van der Waals surface area (Å²) in [5.41, 5.74) is 2.60. The van der Waals surface area contributed by atoms with Gasteiger partial charge >= 0.3 is 5.97 Å². The second kappa shape index (κ2) is 9.58. The van der Waals surface area contributed by atoms with Crippen molar-refractivity contribution in [1.82, 2.24) is 5.32 Å². The number of thiocarbonyl (C=S) groups is 1. The van der Waals surface area contributed by atoms with Gasteiger partial charge in [-0.1, -0.05) is 0 Å². The van der Waals surface area contributed by atoms with Crippen LogP contribution in [0.15, 0.2) is 47.7 Å². The van der Waals surface area contributed by atoms with Crippen LogP contribution in [0.2, 0.25) is 0 Å². The van der Waals surface area contributed by atoms with E-state index >= 15 is 0 Å². The zero-order valence-corrected chi connectivity index (χ0v) is 19.8. The number of esters is 1. The molecule has 9 heteroatoms. The van der Waals surface area contributed by atoms with E-state index in [-0.39, 0.29) is 6.61 Å². The van der Waals surface area contributed by atoms with E-state index in [2.05, 4.69) is 5.32 Å². The van der Waals surface area contributed by atoms with Gasteiger partial charge in [-0.2, -0.15) is 0 Å². The second-order valence-corrected chi connectivity index (χ2v) is 7.80. The van der Waals surface area contributed by atoms with E-state index in [1.165, 1.54) is 0 Å². The number of carbonyl (C=O) groups is 1. The lowest BCUT2D eigenvalue weighted by molar-refractivity contribution is -0.139. The monoisotopic (exact) mass is 470 g/mol. The van der Waals surface area contributed by atoms with Crippen molar-refractivity contribution in [2.24, 2.45) is 0 Å². The zero-order chi connectivity index (χ0) is 23.5. The SMILES string of the molecule is CCOC(=O)C1=C(C)N(c2ccc3c(c2)OCCO3)C(=S)N[C@H]1c1cc(OC)cc(OC)c1. The molecule has 0 aromatic heterocycles. The molecule has 2 heterocycles. The highest BCUT2D eigenvalue weighted by Crippen LogP contribution is 2.40. The molecule has 0 aliphatic carbocycles. The Bertz CT molecular complexity index is 1090. The zero-order valence-electron chi connectivity index (χ0n) is 19.0. The number of nitrogens with zero attached hydrogens (tertiary/aromatic N) is 1. The number of allylic oxidation sites excluding steroid dienone is 1. The summed E-state index contributed by atoms with van der Waals surface area (Å²) in [5.74, 6) is 2.08. The van der Waals surface area contributed by atoms with Crippen molar-refractivity contribution in [1.29, 1.82) is 0 Å². The van der Waals surface area contributed by atoms with Gasteiger partial charge < -0.3 is 29.0 Å². The lowest BCUT2D eigenvalue weighted by Crippen LogP contribution is -2.48. The Morgan fingerprint density at radius 2 is 1.76 bits per heavy atom. The number of ether oxygens (including phenoxy) is 5.